The molecule has 12 heavy (non-hydrogen) atoms. The molecule has 0 aliphatic rings. The average Bonchev–Trinajstić information content (AvgIpc) is 2.31. The van der Waals surface area contributed by atoms with Gasteiger partial charge >= 0.3 is 0 Å². The molecule has 0 saturated heterocycles. The molecule has 3 nitrogen and oxygen atoms in total. The van der Waals surface area contributed by atoms with E-state index in [1.807, 2.05) is 0 Å². The zero-order chi connectivity index (χ0) is 9.35. The number of carbonyl (C=O) groups excluding carboxylic acids is 1. The zero-order valence-electron chi connectivity index (χ0n) is 7.34. The third-order valence-electron chi connectivity index (χ3n) is 1.43. The average molecular weight is 170 g/mol. The maximum absolute atomic E-state index is 12.8. The lowest BCUT2D eigenvalue weighted by molar-refractivity contribution is 0.0731. The first kappa shape index (κ1) is 8.90. The second kappa shape index (κ2) is 2.69. The lowest BCUT2D eigenvalue weighted by Gasteiger charge is -2.15. The van der Waals surface area contributed by atoms with Crippen LogP contribution < -0.4 is 0 Å². The maximum atomic E-state index is 12.8. The van der Waals surface area contributed by atoms with Crippen LogP contribution in [-0.4, -0.2) is 15.7 Å². The highest BCUT2D eigenvalue weighted by molar-refractivity contribution is 5.83. The van der Waals surface area contributed by atoms with Gasteiger partial charge in [-0.2, -0.15) is 14.2 Å². The molecule has 0 saturated carbocycles. The fourth-order valence-electron chi connectivity index (χ4n) is 0.754. The van der Waals surface area contributed by atoms with Crippen molar-refractivity contribution in [2.45, 2.75) is 20.8 Å². The van der Waals surface area contributed by atoms with Crippen molar-refractivity contribution in [2.24, 2.45) is 5.41 Å². The van der Waals surface area contributed by atoms with Crippen LogP contribution in [0.4, 0.5) is 4.39 Å². The molecule has 66 valence electrons. The molecule has 0 spiro atoms. The standard InChI is InChI=1S/C8H11FN2O/c1-8(2,3)7(12)11-6(9)4-5-10-11/h4-5H,1-3H3. The quantitative estimate of drug-likeness (QED) is 0.594. The number of hydrogen-bond donors (Lipinski definition) is 0. The van der Waals surface area contributed by atoms with E-state index in [1.54, 1.807) is 20.8 Å². The van der Waals surface area contributed by atoms with Gasteiger partial charge in [0, 0.05) is 11.5 Å². The van der Waals surface area contributed by atoms with Crippen LogP contribution in [0.5, 0.6) is 0 Å². The number of aromatic nitrogens is 2. The Labute approximate surface area is 70.2 Å². The van der Waals surface area contributed by atoms with E-state index in [9.17, 15) is 9.18 Å². The summed E-state index contributed by atoms with van der Waals surface area (Å²) in [5, 5.41) is 3.57. The van der Waals surface area contributed by atoms with Crippen molar-refractivity contribution in [3.05, 3.63) is 18.2 Å². The first-order chi connectivity index (χ1) is 5.43. The molecule has 4 heteroatoms. The minimum atomic E-state index is -0.616. The molecule has 0 aromatic carbocycles. The molecule has 0 atom stereocenters. The molecule has 1 rings (SSSR count). The van der Waals surface area contributed by atoms with Crippen LogP contribution in [0.2, 0.25) is 0 Å². The van der Waals surface area contributed by atoms with Gasteiger partial charge in [-0.1, -0.05) is 20.8 Å². The van der Waals surface area contributed by atoms with Gasteiger partial charge in [-0.3, -0.25) is 4.79 Å². The van der Waals surface area contributed by atoms with Crippen LogP contribution in [-0.2, 0) is 0 Å². The van der Waals surface area contributed by atoms with Crippen LogP contribution in [0.25, 0.3) is 0 Å². The Kier molecular flexibility index (Phi) is 2.00. The van der Waals surface area contributed by atoms with Crippen molar-refractivity contribution in [1.29, 1.82) is 0 Å². The van der Waals surface area contributed by atoms with Crippen molar-refractivity contribution >= 4 is 5.91 Å². The summed E-state index contributed by atoms with van der Waals surface area (Å²) in [7, 11) is 0. The molecular weight excluding hydrogens is 159 g/mol. The molecule has 0 amide bonds. The summed E-state index contributed by atoms with van der Waals surface area (Å²) >= 11 is 0. The third kappa shape index (κ3) is 1.52. The van der Waals surface area contributed by atoms with E-state index in [4.69, 9.17) is 0 Å². The van der Waals surface area contributed by atoms with Crippen molar-refractivity contribution in [3.8, 4) is 0 Å². The maximum Gasteiger partial charge on any atom is 0.254 e. The van der Waals surface area contributed by atoms with Gasteiger partial charge in [0.25, 0.3) is 5.91 Å². The van der Waals surface area contributed by atoms with Gasteiger partial charge in [0.2, 0.25) is 5.95 Å². The fourth-order valence-corrected chi connectivity index (χ4v) is 0.754. The highest BCUT2D eigenvalue weighted by Crippen LogP contribution is 2.16. The van der Waals surface area contributed by atoms with Crippen molar-refractivity contribution in [1.82, 2.24) is 9.78 Å². The van der Waals surface area contributed by atoms with Crippen molar-refractivity contribution in [3.63, 3.8) is 0 Å². The van der Waals surface area contributed by atoms with Gasteiger partial charge in [0.05, 0.1) is 6.20 Å². The topological polar surface area (TPSA) is 34.9 Å². The van der Waals surface area contributed by atoms with E-state index in [0.29, 0.717) is 0 Å². The summed E-state index contributed by atoms with van der Waals surface area (Å²) in [6, 6.07) is 1.16. The number of carbonyl (C=O) groups is 1. The SMILES string of the molecule is CC(C)(C)C(=O)n1nccc1F. The second-order valence-electron chi connectivity index (χ2n) is 3.62. The molecule has 0 bridgehead atoms. The first-order valence-electron chi connectivity index (χ1n) is 3.67. The molecule has 0 fully saturated rings. The lowest BCUT2D eigenvalue weighted by Crippen LogP contribution is -2.28. The monoisotopic (exact) mass is 170 g/mol. The molecule has 1 heterocycles. The molecule has 0 radical (unpaired) electrons. The number of nitrogens with zero attached hydrogens (tertiary/aromatic N) is 2. The summed E-state index contributed by atoms with van der Waals surface area (Å²) in [5.41, 5.74) is -0.604. The van der Waals surface area contributed by atoms with Crippen LogP contribution in [0, 0.1) is 11.4 Å². The van der Waals surface area contributed by atoms with Crippen molar-refractivity contribution in [2.75, 3.05) is 0 Å². The highest BCUT2D eigenvalue weighted by atomic mass is 19.1. The summed E-state index contributed by atoms with van der Waals surface area (Å²) < 4.78 is 13.6. The molecule has 0 unspecified atom stereocenters. The lowest BCUT2D eigenvalue weighted by atomic mass is 9.96. The fraction of sp³-hybridized carbons (Fsp3) is 0.500. The van der Waals surface area contributed by atoms with E-state index >= 15 is 0 Å². The predicted molar refractivity (Wildman–Crippen MR) is 42.3 cm³/mol. The van der Waals surface area contributed by atoms with E-state index in [2.05, 4.69) is 5.10 Å². The van der Waals surface area contributed by atoms with E-state index in [1.165, 1.54) is 6.20 Å². The number of hydrogen-bond acceptors (Lipinski definition) is 2. The Bertz CT molecular complexity index is 298. The Morgan fingerprint density at radius 3 is 2.50 bits per heavy atom. The van der Waals surface area contributed by atoms with Gasteiger partial charge in [-0.15, -0.1) is 0 Å². The predicted octanol–water partition coefficient (Wildman–Crippen LogP) is 1.71. The molecule has 0 N–H and O–H groups in total. The zero-order valence-corrected chi connectivity index (χ0v) is 7.34. The van der Waals surface area contributed by atoms with Gasteiger partial charge in [-0.25, -0.2) is 0 Å². The minimum Gasteiger partial charge on any atom is -0.272 e. The number of rotatable bonds is 0. The molecular formula is C8H11FN2O. The van der Waals surface area contributed by atoms with Crippen LogP contribution in [0.3, 0.4) is 0 Å². The minimum absolute atomic E-state index is 0.343. The van der Waals surface area contributed by atoms with E-state index in [0.717, 1.165) is 10.7 Å². The largest absolute Gasteiger partial charge is 0.272 e. The summed E-state index contributed by atoms with van der Waals surface area (Å²) in [4.78, 5) is 11.4. The van der Waals surface area contributed by atoms with Crippen LogP contribution in [0.1, 0.15) is 25.6 Å². The smallest absolute Gasteiger partial charge is 0.254 e. The van der Waals surface area contributed by atoms with Crippen molar-refractivity contribution < 1.29 is 9.18 Å². The van der Waals surface area contributed by atoms with Crippen LogP contribution in [0.15, 0.2) is 12.3 Å². The number of halogens is 1. The third-order valence-corrected chi connectivity index (χ3v) is 1.43. The Balaban J connectivity index is 3.01. The molecule has 1 aromatic heterocycles. The Morgan fingerprint density at radius 1 is 1.58 bits per heavy atom. The van der Waals surface area contributed by atoms with Gasteiger partial charge < -0.3 is 0 Å². The molecule has 0 aliphatic heterocycles. The van der Waals surface area contributed by atoms with Gasteiger partial charge in [0.15, 0.2) is 0 Å². The second-order valence-corrected chi connectivity index (χ2v) is 3.62. The summed E-state index contributed by atoms with van der Waals surface area (Å²) in [5.74, 6) is -0.958. The van der Waals surface area contributed by atoms with Gasteiger partial charge in [-0.05, 0) is 0 Å². The Morgan fingerprint density at radius 2 is 2.17 bits per heavy atom. The van der Waals surface area contributed by atoms with E-state index < -0.39 is 11.4 Å². The summed E-state index contributed by atoms with van der Waals surface area (Å²) in [6.45, 7) is 5.16. The van der Waals surface area contributed by atoms with E-state index in [-0.39, 0.29) is 5.91 Å². The normalized spacial score (nSPS) is 11.7. The van der Waals surface area contributed by atoms with Gasteiger partial charge in [0.1, 0.15) is 0 Å². The Hall–Kier alpha value is -1.19. The highest BCUT2D eigenvalue weighted by Gasteiger charge is 2.25. The first-order valence-corrected chi connectivity index (χ1v) is 3.67. The molecule has 0 aliphatic carbocycles. The summed E-state index contributed by atoms with van der Waals surface area (Å²) in [6.07, 6.45) is 1.26. The van der Waals surface area contributed by atoms with Crippen LogP contribution >= 0.6 is 0 Å². The molecule has 1 aromatic rings.